The first kappa shape index (κ1) is 21.7. The quantitative estimate of drug-likeness (QED) is 0.190. The van der Waals surface area contributed by atoms with Crippen LogP contribution in [0.25, 0.3) is 88.0 Å². The molecule has 0 amide bonds. The molecule has 0 fully saturated rings. The van der Waals surface area contributed by atoms with Gasteiger partial charge < -0.3 is 4.42 Å². The van der Waals surface area contributed by atoms with Gasteiger partial charge in [0.2, 0.25) is 0 Å². The van der Waals surface area contributed by atoms with Crippen molar-refractivity contribution in [1.82, 2.24) is 0 Å². The lowest BCUT2D eigenvalue weighted by molar-refractivity contribution is 0.669. The first-order valence-corrected chi connectivity index (χ1v) is 15.1. The van der Waals surface area contributed by atoms with Gasteiger partial charge in [-0.25, -0.2) is 0 Å². The SMILES string of the molecule is [2H]c1c([2H])c(-c2c3ccccc3c(-c3ccc(-c4ccc5oc6ccccc6c5c4)cc3)c3ccccc23)c([2H])c([2H])c1-c1ccccc1. The van der Waals surface area contributed by atoms with Crippen LogP contribution < -0.4 is 0 Å². The van der Waals surface area contributed by atoms with Crippen LogP contribution in [0, 0.1) is 0 Å². The first-order valence-electron chi connectivity index (χ1n) is 17.1. The Morgan fingerprint density at radius 2 is 0.756 bits per heavy atom. The molecule has 45 heavy (non-hydrogen) atoms. The molecule has 9 aromatic rings. The van der Waals surface area contributed by atoms with Crippen LogP contribution in [0.5, 0.6) is 0 Å². The molecule has 0 radical (unpaired) electrons. The average Bonchev–Trinajstić information content (AvgIpc) is 3.52. The van der Waals surface area contributed by atoms with Crippen LogP contribution in [-0.4, -0.2) is 0 Å². The zero-order valence-electron chi connectivity index (χ0n) is 28.3. The fraction of sp³-hybridized carbons (Fsp3) is 0. The van der Waals surface area contributed by atoms with Crippen LogP contribution in [0.3, 0.4) is 0 Å². The number of rotatable bonds is 4. The van der Waals surface area contributed by atoms with Crippen molar-refractivity contribution in [2.75, 3.05) is 0 Å². The van der Waals surface area contributed by atoms with Crippen molar-refractivity contribution in [1.29, 1.82) is 0 Å². The van der Waals surface area contributed by atoms with Crippen LogP contribution >= 0.6 is 0 Å². The maximum atomic E-state index is 9.22. The molecule has 0 N–H and O–H groups in total. The highest BCUT2D eigenvalue weighted by Crippen LogP contribution is 2.44. The lowest BCUT2D eigenvalue weighted by Gasteiger charge is -2.18. The van der Waals surface area contributed by atoms with E-state index in [0.29, 0.717) is 22.3 Å². The van der Waals surface area contributed by atoms with Gasteiger partial charge in [0, 0.05) is 10.8 Å². The van der Waals surface area contributed by atoms with Crippen LogP contribution in [-0.2, 0) is 0 Å². The van der Waals surface area contributed by atoms with Gasteiger partial charge in [0.25, 0.3) is 0 Å². The molecule has 0 saturated carbocycles. The number of para-hydroxylation sites is 1. The molecule has 1 nitrogen and oxygen atoms in total. The molecule has 0 saturated heterocycles. The molecule has 0 aliphatic carbocycles. The van der Waals surface area contributed by atoms with Gasteiger partial charge in [0.15, 0.2) is 0 Å². The first-order chi connectivity index (χ1) is 24.0. The maximum Gasteiger partial charge on any atom is 0.135 e. The van der Waals surface area contributed by atoms with Crippen molar-refractivity contribution < 1.29 is 9.90 Å². The molecule has 1 heteroatoms. The van der Waals surface area contributed by atoms with Crippen molar-refractivity contribution in [2.45, 2.75) is 0 Å². The third kappa shape index (κ3) is 4.24. The molecule has 9 rings (SSSR count). The summed E-state index contributed by atoms with van der Waals surface area (Å²) in [5.74, 6) is 0. The van der Waals surface area contributed by atoms with Crippen LogP contribution in [0.2, 0.25) is 0 Å². The van der Waals surface area contributed by atoms with Crippen molar-refractivity contribution in [3.63, 3.8) is 0 Å². The molecule has 0 aliphatic heterocycles. The van der Waals surface area contributed by atoms with E-state index in [1.54, 1.807) is 0 Å². The third-order valence-electron chi connectivity index (χ3n) is 8.75. The highest BCUT2D eigenvalue weighted by molar-refractivity contribution is 6.21. The average molecular weight is 577 g/mol. The topological polar surface area (TPSA) is 13.1 Å². The van der Waals surface area contributed by atoms with E-state index in [2.05, 4.69) is 54.6 Å². The summed E-state index contributed by atoms with van der Waals surface area (Å²) in [5.41, 5.74) is 8.08. The smallest absolute Gasteiger partial charge is 0.135 e. The van der Waals surface area contributed by atoms with Gasteiger partial charge in [0.1, 0.15) is 11.2 Å². The van der Waals surface area contributed by atoms with E-state index >= 15 is 0 Å². The Morgan fingerprint density at radius 3 is 1.40 bits per heavy atom. The zero-order chi connectivity index (χ0) is 33.2. The second kappa shape index (κ2) is 10.4. The predicted molar refractivity (Wildman–Crippen MR) is 190 cm³/mol. The summed E-state index contributed by atoms with van der Waals surface area (Å²) in [6.07, 6.45) is 0. The zero-order valence-corrected chi connectivity index (χ0v) is 24.3. The normalized spacial score (nSPS) is 12.8. The van der Waals surface area contributed by atoms with Crippen molar-refractivity contribution in [2.24, 2.45) is 0 Å². The molecule has 0 atom stereocenters. The Hall–Kier alpha value is -5.92. The van der Waals surface area contributed by atoms with Gasteiger partial charge in [-0.05, 0) is 84.3 Å². The van der Waals surface area contributed by atoms with E-state index < -0.39 is 0 Å². The largest absolute Gasteiger partial charge is 0.456 e. The summed E-state index contributed by atoms with van der Waals surface area (Å²) in [7, 11) is 0. The molecule has 210 valence electrons. The van der Waals surface area contributed by atoms with Gasteiger partial charge in [-0.15, -0.1) is 0 Å². The lowest BCUT2D eigenvalue weighted by atomic mass is 9.85. The molecule has 0 aliphatic rings. The molecule has 0 unspecified atom stereocenters. The van der Waals surface area contributed by atoms with E-state index in [0.717, 1.165) is 65.7 Å². The van der Waals surface area contributed by atoms with E-state index in [-0.39, 0.29) is 24.2 Å². The Balaban J connectivity index is 1.24. The predicted octanol–water partition coefficient (Wildman–Crippen LogP) is 12.6. The molecule has 0 spiro atoms. The highest BCUT2D eigenvalue weighted by atomic mass is 16.3. The van der Waals surface area contributed by atoms with Gasteiger partial charge >= 0.3 is 0 Å². The Kier molecular flexibility index (Phi) is 5.00. The minimum atomic E-state index is -0.0466. The fourth-order valence-corrected chi connectivity index (χ4v) is 6.63. The number of furan rings is 1. The molecular formula is C44H28O. The van der Waals surface area contributed by atoms with Crippen LogP contribution in [0.4, 0.5) is 0 Å². The van der Waals surface area contributed by atoms with E-state index in [1.165, 1.54) is 0 Å². The summed E-state index contributed by atoms with van der Waals surface area (Å²) in [6, 6.07) is 48.3. The van der Waals surface area contributed by atoms with Crippen molar-refractivity contribution in [3.05, 3.63) is 170 Å². The highest BCUT2D eigenvalue weighted by Gasteiger charge is 2.17. The Labute approximate surface area is 267 Å². The van der Waals surface area contributed by atoms with Gasteiger partial charge in [-0.3, -0.25) is 0 Å². The van der Waals surface area contributed by atoms with E-state index in [9.17, 15) is 2.74 Å². The van der Waals surface area contributed by atoms with Crippen molar-refractivity contribution >= 4 is 43.5 Å². The summed E-state index contributed by atoms with van der Waals surface area (Å²) < 4.78 is 42.5. The van der Waals surface area contributed by atoms with Crippen LogP contribution in [0.15, 0.2) is 174 Å². The number of benzene rings is 8. The van der Waals surface area contributed by atoms with Gasteiger partial charge in [0.05, 0.1) is 5.48 Å². The third-order valence-corrected chi connectivity index (χ3v) is 8.75. The summed E-state index contributed by atoms with van der Waals surface area (Å²) in [4.78, 5) is 0. The summed E-state index contributed by atoms with van der Waals surface area (Å²) in [5, 5.41) is 5.93. The lowest BCUT2D eigenvalue weighted by Crippen LogP contribution is -1.91. The van der Waals surface area contributed by atoms with Crippen molar-refractivity contribution in [3.8, 4) is 44.5 Å². The summed E-state index contributed by atoms with van der Waals surface area (Å²) >= 11 is 0. The minimum Gasteiger partial charge on any atom is -0.456 e. The Morgan fingerprint density at radius 1 is 0.311 bits per heavy atom. The number of hydrogen-bond donors (Lipinski definition) is 0. The van der Waals surface area contributed by atoms with E-state index in [1.807, 2.05) is 91.0 Å². The molecule has 0 bridgehead atoms. The second-order valence-corrected chi connectivity index (χ2v) is 11.3. The Bertz CT molecular complexity index is 2660. The molecule has 8 aromatic carbocycles. The fourth-order valence-electron chi connectivity index (χ4n) is 6.63. The van der Waals surface area contributed by atoms with E-state index in [4.69, 9.17) is 7.16 Å². The maximum absolute atomic E-state index is 9.22. The van der Waals surface area contributed by atoms with Gasteiger partial charge in [-0.1, -0.05) is 152 Å². The van der Waals surface area contributed by atoms with Gasteiger partial charge in [-0.2, -0.15) is 0 Å². The minimum absolute atomic E-state index is 0.0448. The number of fused-ring (bicyclic) bond motifs is 5. The monoisotopic (exact) mass is 576 g/mol. The molecule has 1 heterocycles. The molecule has 1 aromatic heterocycles. The second-order valence-electron chi connectivity index (χ2n) is 11.3. The standard InChI is InChI=1S/C44H28O/c1-2-10-29(11-3-1)30-18-22-32(23-19-30)43-36-13-4-6-15-38(36)44(39-16-7-5-14-37(39)43)33-24-20-31(21-25-33)34-26-27-42-40(28-34)35-12-8-9-17-41(35)45-42/h1-28H/i18D,19D,22D,23D. The number of hydrogen-bond acceptors (Lipinski definition) is 1. The van der Waals surface area contributed by atoms with Crippen LogP contribution in [0.1, 0.15) is 5.48 Å². The summed E-state index contributed by atoms with van der Waals surface area (Å²) in [6.45, 7) is 0. The molecular weight excluding hydrogens is 544 g/mol.